The Balaban J connectivity index is 4.43. The minimum Gasteiger partial charge on any atom is -0.481 e. The predicted molar refractivity (Wildman–Crippen MR) is 56.6 cm³/mol. The third-order valence-corrected chi connectivity index (χ3v) is 4.01. The van der Waals surface area contributed by atoms with Gasteiger partial charge in [0.1, 0.15) is 0 Å². The van der Waals surface area contributed by atoms with E-state index in [1.54, 1.807) is 0 Å². The highest BCUT2D eigenvalue weighted by Gasteiger charge is 2.30. The van der Waals surface area contributed by atoms with Crippen molar-refractivity contribution in [1.29, 1.82) is 0 Å². The van der Waals surface area contributed by atoms with Gasteiger partial charge in [-0.15, -0.1) is 0 Å². The van der Waals surface area contributed by atoms with E-state index in [4.69, 9.17) is 15.9 Å². The molecule has 8 heteroatoms. The van der Waals surface area contributed by atoms with Crippen molar-refractivity contribution in [2.75, 3.05) is 18.9 Å². The second-order valence-corrected chi connectivity index (χ2v) is 6.03. The molecule has 94 valence electrons. The molecule has 0 rings (SSSR count). The van der Waals surface area contributed by atoms with Gasteiger partial charge in [0.05, 0.1) is 12.3 Å². The zero-order chi connectivity index (χ0) is 12.8. The van der Waals surface area contributed by atoms with Gasteiger partial charge in [0.25, 0.3) is 0 Å². The molecule has 2 unspecified atom stereocenters. The first-order chi connectivity index (χ1) is 7.28. The van der Waals surface area contributed by atoms with Crippen LogP contribution in [0.15, 0.2) is 0 Å². The molecule has 0 radical (unpaired) electrons. The van der Waals surface area contributed by atoms with Crippen LogP contribution in [0.3, 0.4) is 0 Å². The Labute approximate surface area is 92.7 Å². The molecule has 0 bridgehead atoms. The van der Waals surface area contributed by atoms with Gasteiger partial charge in [-0.3, -0.25) is 14.2 Å². The van der Waals surface area contributed by atoms with Crippen LogP contribution in [0.5, 0.6) is 0 Å². The van der Waals surface area contributed by atoms with Gasteiger partial charge in [-0.05, 0) is 13.0 Å². The molecule has 0 aliphatic rings. The second kappa shape index (κ2) is 6.62. The first-order valence-corrected chi connectivity index (χ1v) is 6.77. The average Bonchev–Trinajstić information content (AvgIpc) is 2.12. The molecule has 0 heterocycles. The largest absolute Gasteiger partial charge is 0.481 e. The van der Waals surface area contributed by atoms with Gasteiger partial charge in [-0.2, -0.15) is 0 Å². The van der Waals surface area contributed by atoms with E-state index in [1.165, 1.54) is 0 Å². The SMILES string of the molecule is NCCCP(=O)(O)CC(CC(=O)O)C(=O)O. The van der Waals surface area contributed by atoms with Crippen LogP contribution in [0.4, 0.5) is 0 Å². The average molecular weight is 253 g/mol. The number of hydrogen-bond acceptors (Lipinski definition) is 4. The maximum absolute atomic E-state index is 11.5. The van der Waals surface area contributed by atoms with Crippen molar-refractivity contribution in [3.05, 3.63) is 0 Å². The minimum absolute atomic E-state index is 0.0765. The molecular formula is C8H16NO6P. The van der Waals surface area contributed by atoms with Crippen molar-refractivity contribution in [3.63, 3.8) is 0 Å². The van der Waals surface area contributed by atoms with Crippen molar-refractivity contribution < 1.29 is 29.3 Å². The molecule has 0 fully saturated rings. The summed E-state index contributed by atoms with van der Waals surface area (Å²) in [6.07, 6.45) is -0.933. The molecule has 7 nitrogen and oxygen atoms in total. The van der Waals surface area contributed by atoms with E-state index in [0.717, 1.165) is 0 Å². The highest BCUT2D eigenvalue weighted by atomic mass is 31.2. The van der Waals surface area contributed by atoms with Crippen LogP contribution >= 0.6 is 7.37 Å². The summed E-state index contributed by atoms with van der Waals surface area (Å²) in [5, 5.41) is 17.1. The van der Waals surface area contributed by atoms with Crippen molar-refractivity contribution in [1.82, 2.24) is 0 Å². The zero-order valence-corrected chi connectivity index (χ0v) is 9.60. The van der Waals surface area contributed by atoms with E-state index in [1.807, 2.05) is 0 Å². The van der Waals surface area contributed by atoms with E-state index >= 15 is 0 Å². The molecule has 0 saturated carbocycles. The van der Waals surface area contributed by atoms with Gasteiger partial charge in [0.15, 0.2) is 0 Å². The molecule has 0 aromatic carbocycles. The van der Waals surface area contributed by atoms with Crippen LogP contribution in [0.2, 0.25) is 0 Å². The maximum Gasteiger partial charge on any atom is 0.307 e. The molecular weight excluding hydrogens is 237 g/mol. The Morgan fingerprint density at radius 1 is 1.31 bits per heavy atom. The van der Waals surface area contributed by atoms with E-state index in [0.29, 0.717) is 6.42 Å². The van der Waals surface area contributed by atoms with Crippen LogP contribution < -0.4 is 5.73 Å². The van der Waals surface area contributed by atoms with Crippen LogP contribution in [0, 0.1) is 5.92 Å². The smallest absolute Gasteiger partial charge is 0.307 e. The molecule has 2 atom stereocenters. The van der Waals surface area contributed by atoms with Gasteiger partial charge in [0, 0.05) is 12.3 Å². The first-order valence-electron chi connectivity index (χ1n) is 4.74. The Morgan fingerprint density at radius 3 is 2.25 bits per heavy atom. The predicted octanol–water partition coefficient (Wildman–Crippen LogP) is -0.219. The van der Waals surface area contributed by atoms with E-state index < -0.39 is 37.8 Å². The standard InChI is InChI=1S/C8H16NO6P/c9-2-1-3-16(14,15)5-6(8(12)13)4-7(10)11/h6H,1-5,9H2,(H,10,11)(H,12,13)(H,14,15). The van der Waals surface area contributed by atoms with Crippen molar-refractivity contribution in [3.8, 4) is 0 Å². The normalized spacial score (nSPS) is 16.4. The Hall–Kier alpha value is -0.910. The third kappa shape index (κ3) is 6.55. The van der Waals surface area contributed by atoms with Crippen molar-refractivity contribution >= 4 is 19.3 Å². The monoisotopic (exact) mass is 253 g/mol. The summed E-state index contributed by atoms with van der Waals surface area (Å²) in [5.74, 6) is -4.00. The lowest BCUT2D eigenvalue weighted by Crippen LogP contribution is -2.22. The third-order valence-electron chi connectivity index (χ3n) is 1.99. The van der Waals surface area contributed by atoms with E-state index in [9.17, 15) is 19.0 Å². The maximum atomic E-state index is 11.5. The molecule has 0 amide bonds. The quantitative estimate of drug-likeness (QED) is 0.438. The first kappa shape index (κ1) is 15.1. The molecule has 5 N–H and O–H groups in total. The lowest BCUT2D eigenvalue weighted by atomic mass is 10.1. The topological polar surface area (TPSA) is 138 Å². The number of nitrogens with two attached hydrogens (primary N) is 1. The van der Waals surface area contributed by atoms with Crippen LogP contribution in [-0.4, -0.2) is 45.9 Å². The number of hydrogen-bond donors (Lipinski definition) is 4. The molecule has 16 heavy (non-hydrogen) atoms. The fourth-order valence-corrected chi connectivity index (χ4v) is 3.05. The second-order valence-electron chi connectivity index (χ2n) is 3.53. The van der Waals surface area contributed by atoms with Gasteiger partial charge in [-0.25, -0.2) is 0 Å². The molecule has 0 aromatic rings. The van der Waals surface area contributed by atoms with Gasteiger partial charge < -0.3 is 20.8 Å². The molecule has 0 saturated heterocycles. The van der Waals surface area contributed by atoms with Gasteiger partial charge in [0.2, 0.25) is 7.37 Å². The summed E-state index contributed by atoms with van der Waals surface area (Å²) < 4.78 is 11.5. The zero-order valence-electron chi connectivity index (χ0n) is 8.70. The molecule has 0 spiro atoms. The van der Waals surface area contributed by atoms with Gasteiger partial charge >= 0.3 is 11.9 Å². The molecule has 0 aliphatic heterocycles. The summed E-state index contributed by atoms with van der Waals surface area (Å²) in [7, 11) is -3.60. The van der Waals surface area contributed by atoms with Crippen LogP contribution in [0.1, 0.15) is 12.8 Å². The lowest BCUT2D eigenvalue weighted by Gasteiger charge is -2.15. The number of carboxylic acids is 2. The highest BCUT2D eigenvalue weighted by Crippen LogP contribution is 2.43. The summed E-state index contributed by atoms with van der Waals surface area (Å²) >= 11 is 0. The number of carboxylic acid groups (broad SMARTS) is 2. The van der Waals surface area contributed by atoms with Crippen LogP contribution in [0.25, 0.3) is 0 Å². The van der Waals surface area contributed by atoms with Crippen molar-refractivity contribution in [2.24, 2.45) is 11.7 Å². The number of rotatable bonds is 8. The Bertz CT molecular complexity index is 305. The summed E-state index contributed by atoms with van der Waals surface area (Å²) in [4.78, 5) is 30.4. The Morgan fingerprint density at radius 2 is 1.88 bits per heavy atom. The van der Waals surface area contributed by atoms with Crippen LogP contribution in [-0.2, 0) is 14.2 Å². The summed E-state index contributed by atoms with van der Waals surface area (Å²) in [6.45, 7) is 0.237. The van der Waals surface area contributed by atoms with E-state index in [2.05, 4.69) is 0 Å². The van der Waals surface area contributed by atoms with Gasteiger partial charge in [-0.1, -0.05) is 0 Å². The summed E-state index contributed by atoms with van der Waals surface area (Å²) in [6, 6.07) is 0. The molecule has 0 aliphatic carbocycles. The summed E-state index contributed by atoms with van der Waals surface area (Å²) in [5.41, 5.74) is 5.16. The highest BCUT2D eigenvalue weighted by molar-refractivity contribution is 7.58. The van der Waals surface area contributed by atoms with Crippen molar-refractivity contribution in [2.45, 2.75) is 12.8 Å². The lowest BCUT2D eigenvalue weighted by molar-refractivity contribution is -0.147. The fraction of sp³-hybridized carbons (Fsp3) is 0.750. The number of aliphatic carboxylic acids is 2. The van der Waals surface area contributed by atoms with E-state index in [-0.39, 0.29) is 12.7 Å². The molecule has 0 aromatic heterocycles. The minimum atomic E-state index is -3.60. The fourth-order valence-electron chi connectivity index (χ4n) is 1.21. The number of carbonyl (C=O) groups is 2. The Kier molecular flexibility index (Phi) is 6.25.